The summed E-state index contributed by atoms with van der Waals surface area (Å²) in [4.78, 5) is 16.6. The summed E-state index contributed by atoms with van der Waals surface area (Å²) in [6.07, 6.45) is 7.69. The quantitative estimate of drug-likeness (QED) is 0.451. The highest BCUT2D eigenvalue weighted by atomic mass is 35.5. The van der Waals surface area contributed by atoms with Gasteiger partial charge in [0.15, 0.2) is 0 Å². The number of benzene rings is 1. The lowest BCUT2D eigenvalue weighted by Gasteiger charge is -2.31. The smallest absolute Gasteiger partial charge is 0.243 e. The fraction of sp³-hybridized carbons (Fsp3) is 0.429. The van der Waals surface area contributed by atoms with E-state index in [1.807, 2.05) is 6.20 Å². The third kappa shape index (κ3) is 5.13. The van der Waals surface area contributed by atoms with Gasteiger partial charge in [-0.2, -0.15) is 0 Å². The van der Waals surface area contributed by atoms with Gasteiger partial charge in [0.25, 0.3) is 0 Å². The lowest BCUT2D eigenvalue weighted by molar-refractivity contribution is -0.118. The SMILES string of the molecule is C=CC(=O)NC1CCOCC1Cc1cc2c(cn1)CC(C(C)(C)c1c(Cl)c(OC)cc(OC)c1Cl)=C2. The van der Waals surface area contributed by atoms with Crippen molar-refractivity contribution >= 4 is 35.2 Å². The molecular weight excluding hydrogens is 499 g/mol. The maximum atomic E-state index is 11.9. The summed E-state index contributed by atoms with van der Waals surface area (Å²) in [5, 5.41) is 4.00. The molecule has 1 N–H and O–H groups in total. The van der Waals surface area contributed by atoms with E-state index in [-0.39, 0.29) is 17.9 Å². The summed E-state index contributed by atoms with van der Waals surface area (Å²) in [5.74, 6) is 1.04. The first kappa shape index (κ1) is 26.5. The predicted octanol–water partition coefficient (Wildman–Crippen LogP) is 5.57. The fourth-order valence-electron chi connectivity index (χ4n) is 5.08. The maximum Gasteiger partial charge on any atom is 0.243 e. The van der Waals surface area contributed by atoms with Gasteiger partial charge in [-0.25, -0.2) is 0 Å². The van der Waals surface area contributed by atoms with E-state index in [0.29, 0.717) is 41.2 Å². The molecule has 1 aliphatic heterocycles. The van der Waals surface area contributed by atoms with Crippen LogP contribution < -0.4 is 14.8 Å². The van der Waals surface area contributed by atoms with Crippen LogP contribution in [0.4, 0.5) is 0 Å². The molecule has 2 heterocycles. The standard InChI is InChI=1S/C28H32Cl2N2O4/c1-6-24(33)32-21-7-8-36-15-18(21)12-20-11-16-9-19(10-17(16)14-31-20)28(2,3)25-26(29)22(34-4)13-23(35-5)27(25)30/h6,9,11,13-14,18,21H,1,7-8,10,12,15H2,2-5H3,(H,32,33). The van der Waals surface area contributed by atoms with Gasteiger partial charge in [0.05, 0.1) is 30.9 Å². The highest BCUT2D eigenvalue weighted by Crippen LogP contribution is 2.50. The average Bonchev–Trinajstić information content (AvgIpc) is 3.30. The molecule has 0 radical (unpaired) electrons. The number of nitrogens with one attached hydrogen (secondary N) is 1. The minimum absolute atomic E-state index is 0.0386. The van der Waals surface area contributed by atoms with Gasteiger partial charge >= 0.3 is 0 Å². The Bertz CT molecular complexity index is 1180. The van der Waals surface area contributed by atoms with Gasteiger partial charge in [-0.1, -0.05) is 55.3 Å². The van der Waals surface area contributed by atoms with Crippen molar-refractivity contribution in [2.45, 2.75) is 44.6 Å². The minimum atomic E-state index is -0.480. The summed E-state index contributed by atoms with van der Waals surface area (Å²) in [6, 6.07) is 3.88. The van der Waals surface area contributed by atoms with Gasteiger partial charge in [-0.15, -0.1) is 0 Å². The predicted molar refractivity (Wildman–Crippen MR) is 143 cm³/mol. The van der Waals surface area contributed by atoms with Crippen molar-refractivity contribution in [3.63, 3.8) is 0 Å². The van der Waals surface area contributed by atoms with Crippen LogP contribution in [0.2, 0.25) is 10.0 Å². The van der Waals surface area contributed by atoms with Crippen molar-refractivity contribution in [3.8, 4) is 11.5 Å². The second kappa shape index (κ2) is 10.8. The zero-order valence-corrected chi connectivity index (χ0v) is 22.6. The number of carbonyl (C=O) groups is 1. The first-order valence-corrected chi connectivity index (χ1v) is 12.7. The van der Waals surface area contributed by atoms with Gasteiger partial charge in [0.2, 0.25) is 5.91 Å². The zero-order chi connectivity index (χ0) is 26.0. The zero-order valence-electron chi connectivity index (χ0n) is 21.1. The van der Waals surface area contributed by atoms with Crippen LogP contribution in [0.15, 0.2) is 36.6 Å². The number of methoxy groups -OCH3 is 2. The van der Waals surface area contributed by atoms with Crippen LogP contribution in [0.3, 0.4) is 0 Å². The number of fused-ring (bicyclic) bond motifs is 1. The Morgan fingerprint density at radius 1 is 1.25 bits per heavy atom. The number of pyridine rings is 1. The molecule has 1 saturated heterocycles. The van der Waals surface area contributed by atoms with Gasteiger partial charge in [0.1, 0.15) is 11.5 Å². The van der Waals surface area contributed by atoms with E-state index in [2.05, 4.69) is 37.9 Å². The number of hydrogen-bond donors (Lipinski definition) is 1. The number of nitrogens with zero attached hydrogens (tertiary/aromatic N) is 1. The lowest BCUT2D eigenvalue weighted by atomic mass is 9.76. The molecular formula is C28H32Cl2N2O4. The van der Waals surface area contributed by atoms with Crippen LogP contribution in [0.1, 0.15) is 42.7 Å². The number of amides is 1. The van der Waals surface area contributed by atoms with Crippen LogP contribution in [-0.4, -0.2) is 44.4 Å². The van der Waals surface area contributed by atoms with Crippen molar-refractivity contribution in [1.29, 1.82) is 0 Å². The molecule has 2 unspecified atom stereocenters. The summed E-state index contributed by atoms with van der Waals surface area (Å²) in [6.45, 7) is 9.00. The maximum absolute atomic E-state index is 11.9. The molecule has 1 aromatic heterocycles. The normalized spacial score (nSPS) is 19.3. The molecule has 0 bridgehead atoms. The molecule has 2 atom stereocenters. The van der Waals surface area contributed by atoms with Crippen molar-refractivity contribution in [1.82, 2.24) is 10.3 Å². The Balaban J connectivity index is 1.61. The van der Waals surface area contributed by atoms with Gasteiger partial charge < -0.3 is 19.5 Å². The third-order valence-electron chi connectivity index (χ3n) is 7.25. The topological polar surface area (TPSA) is 69.7 Å². The summed E-state index contributed by atoms with van der Waals surface area (Å²) in [5.41, 5.74) is 4.72. The second-order valence-corrected chi connectivity index (χ2v) is 10.5. The van der Waals surface area contributed by atoms with E-state index in [4.69, 9.17) is 42.4 Å². The van der Waals surface area contributed by atoms with E-state index < -0.39 is 5.41 Å². The van der Waals surface area contributed by atoms with Gasteiger partial charge in [-0.05, 0) is 42.5 Å². The van der Waals surface area contributed by atoms with Crippen LogP contribution in [0.5, 0.6) is 11.5 Å². The molecule has 36 heavy (non-hydrogen) atoms. The van der Waals surface area contributed by atoms with Gasteiger partial charge in [0, 0.05) is 47.5 Å². The summed E-state index contributed by atoms with van der Waals surface area (Å²) >= 11 is 13.5. The Hall–Kier alpha value is -2.54. The number of ether oxygens (including phenoxy) is 3. The van der Waals surface area contributed by atoms with Crippen molar-refractivity contribution in [2.24, 2.45) is 5.92 Å². The molecule has 8 heteroatoms. The molecule has 1 aromatic carbocycles. The van der Waals surface area contributed by atoms with Crippen LogP contribution in [0.25, 0.3) is 6.08 Å². The molecule has 1 amide bonds. The van der Waals surface area contributed by atoms with Crippen LogP contribution >= 0.6 is 23.2 Å². The molecule has 4 rings (SSSR count). The van der Waals surface area contributed by atoms with E-state index in [1.54, 1.807) is 20.3 Å². The largest absolute Gasteiger partial charge is 0.495 e. The summed E-state index contributed by atoms with van der Waals surface area (Å²) < 4.78 is 16.7. The number of halogens is 2. The summed E-state index contributed by atoms with van der Waals surface area (Å²) in [7, 11) is 3.15. The van der Waals surface area contributed by atoms with Gasteiger partial charge in [-0.3, -0.25) is 9.78 Å². The van der Waals surface area contributed by atoms with E-state index in [1.165, 1.54) is 11.6 Å². The Kier molecular flexibility index (Phi) is 7.98. The van der Waals surface area contributed by atoms with Crippen LogP contribution in [-0.2, 0) is 27.8 Å². The van der Waals surface area contributed by atoms with E-state index in [9.17, 15) is 4.79 Å². The molecule has 192 valence electrons. The van der Waals surface area contributed by atoms with Crippen molar-refractivity contribution in [3.05, 3.63) is 69.0 Å². The molecule has 0 spiro atoms. The number of rotatable bonds is 8. The number of aromatic nitrogens is 1. The molecule has 6 nitrogen and oxygen atoms in total. The monoisotopic (exact) mass is 530 g/mol. The first-order valence-electron chi connectivity index (χ1n) is 12.0. The second-order valence-electron chi connectivity index (χ2n) is 9.78. The van der Waals surface area contributed by atoms with Crippen LogP contribution in [0, 0.1) is 5.92 Å². The van der Waals surface area contributed by atoms with Crippen molar-refractivity contribution in [2.75, 3.05) is 27.4 Å². The number of allylic oxidation sites excluding steroid dienone is 1. The highest BCUT2D eigenvalue weighted by molar-refractivity contribution is 6.38. The Morgan fingerprint density at radius 2 is 1.94 bits per heavy atom. The highest BCUT2D eigenvalue weighted by Gasteiger charge is 2.36. The molecule has 2 aliphatic rings. The number of hydrogen-bond acceptors (Lipinski definition) is 5. The molecule has 1 aliphatic carbocycles. The van der Waals surface area contributed by atoms with E-state index >= 15 is 0 Å². The van der Waals surface area contributed by atoms with E-state index in [0.717, 1.165) is 35.2 Å². The lowest BCUT2D eigenvalue weighted by Crippen LogP contribution is -2.45. The Labute approximate surface area is 222 Å². The molecule has 2 aromatic rings. The third-order valence-corrected chi connectivity index (χ3v) is 8.00. The van der Waals surface area contributed by atoms with Crippen molar-refractivity contribution < 1.29 is 19.0 Å². The molecule has 1 fully saturated rings. The molecule has 0 saturated carbocycles. The number of carbonyl (C=O) groups excluding carboxylic acids is 1. The minimum Gasteiger partial charge on any atom is -0.495 e. The average molecular weight is 531 g/mol. The first-order chi connectivity index (χ1) is 17.2. The fourth-order valence-corrected chi connectivity index (χ4v) is 6.05. The Morgan fingerprint density at radius 3 is 2.58 bits per heavy atom.